The van der Waals surface area contributed by atoms with Crippen LogP contribution in [0.1, 0.15) is 5.69 Å². The lowest BCUT2D eigenvalue weighted by molar-refractivity contribution is -0.385. The first-order valence-corrected chi connectivity index (χ1v) is 8.15. The van der Waals surface area contributed by atoms with Gasteiger partial charge in [-0.2, -0.15) is 0 Å². The van der Waals surface area contributed by atoms with Gasteiger partial charge in [0, 0.05) is 17.3 Å². The van der Waals surface area contributed by atoms with Gasteiger partial charge in [-0.25, -0.2) is 15.0 Å². The molecule has 0 spiro atoms. The molecule has 0 fully saturated rings. The van der Waals surface area contributed by atoms with Gasteiger partial charge in [-0.1, -0.05) is 0 Å². The van der Waals surface area contributed by atoms with Crippen molar-refractivity contribution in [3.05, 3.63) is 64.5 Å². The Labute approximate surface area is 148 Å². The Bertz CT molecular complexity index is 899. The number of hydrogen-bond acceptors (Lipinski definition) is 7. The fraction of sp³-hybridized carbons (Fsp3) is 0.118. The number of methoxy groups -OCH3 is 1. The zero-order valence-corrected chi connectivity index (χ0v) is 14.4. The summed E-state index contributed by atoms with van der Waals surface area (Å²) in [5.74, 6) is 0.777. The Morgan fingerprint density at radius 2 is 1.88 bits per heavy atom. The molecule has 126 valence electrons. The molecule has 0 aliphatic rings. The normalized spacial score (nSPS) is 10.5. The summed E-state index contributed by atoms with van der Waals surface area (Å²) in [5, 5.41) is 11.8. The zero-order valence-electron chi connectivity index (χ0n) is 13.5. The van der Waals surface area contributed by atoms with E-state index >= 15 is 0 Å². The van der Waals surface area contributed by atoms with Crippen molar-refractivity contribution in [2.24, 2.45) is 0 Å². The fourth-order valence-corrected chi connectivity index (χ4v) is 2.89. The van der Waals surface area contributed by atoms with Crippen molar-refractivity contribution in [2.45, 2.75) is 17.1 Å². The number of pyridine rings is 1. The quantitative estimate of drug-likeness (QED) is 0.389. The molecule has 3 aromatic rings. The summed E-state index contributed by atoms with van der Waals surface area (Å²) in [7, 11) is 1.62. The predicted octanol–water partition coefficient (Wildman–Crippen LogP) is 3.92. The van der Waals surface area contributed by atoms with E-state index < -0.39 is 4.92 Å². The van der Waals surface area contributed by atoms with E-state index in [1.165, 1.54) is 24.0 Å². The van der Waals surface area contributed by atoms with Crippen LogP contribution >= 0.6 is 11.8 Å². The molecular formula is C17H14N4O3S. The molecule has 3 rings (SSSR count). The molecule has 25 heavy (non-hydrogen) atoms. The second kappa shape index (κ2) is 7.27. The number of nitro groups is 1. The molecule has 0 aliphatic carbocycles. The van der Waals surface area contributed by atoms with Gasteiger partial charge in [0.1, 0.15) is 17.0 Å². The lowest BCUT2D eigenvalue weighted by Crippen LogP contribution is -1.95. The maximum absolute atomic E-state index is 10.7. The van der Waals surface area contributed by atoms with Crippen molar-refractivity contribution in [1.29, 1.82) is 0 Å². The van der Waals surface area contributed by atoms with E-state index in [2.05, 4.69) is 15.0 Å². The first kappa shape index (κ1) is 16.8. The van der Waals surface area contributed by atoms with Crippen LogP contribution in [0.25, 0.3) is 11.3 Å². The van der Waals surface area contributed by atoms with Gasteiger partial charge in [-0.15, -0.1) is 0 Å². The molecule has 8 heteroatoms. The molecular weight excluding hydrogens is 340 g/mol. The summed E-state index contributed by atoms with van der Waals surface area (Å²) in [6, 6.07) is 12.5. The molecule has 0 bridgehead atoms. The Kier molecular flexibility index (Phi) is 4.90. The summed E-state index contributed by atoms with van der Waals surface area (Å²) in [6.45, 7) is 1.89. The predicted molar refractivity (Wildman–Crippen MR) is 93.8 cm³/mol. The minimum absolute atomic E-state index is 0.0477. The smallest absolute Gasteiger partial charge is 0.287 e. The van der Waals surface area contributed by atoms with E-state index in [9.17, 15) is 10.1 Å². The van der Waals surface area contributed by atoms with Gasteiger partial charge in [0.05, 0.1) is 17.7 Å². The Morgan fingerprint density at radius 1 is 1.12 bits per heavy atom. The van der Waals surface area contributed by atoms with Crippen LogP contribution in [0.2, 0.25) is 0 Å². The van der Waals surface area contributed by atoms with Crippen LogP contribution in [0.5, 0.6) is 5.75 Å². The molecule has 0 saturated heterocycles. The van der Waals surface area contributed by atoms with Crippen LogP contribution in [0.4, 0.5) is 5.69 Å². The fourth-order valence-electron chi connectivity index (χ4n) is 2.13. The van der Waals surface area contributed by atoms with Crippen LogP contribution in [-0.4, -0.2) is 27.0 Å². The van der Waals surface area contributed by atoms with Crippen LogP contribution in [0.15, 0.2) is 58.8 Å². The maximum atomic E-state index is 10.7. The van der Waals surface area contributed by atoms with Crippen molar-refractivity contribution in [1.82, 2.24) is 15.0 Å². The number of benzene rings is 1. The topological polar surface area (TPSA) is 91.0 Å². The van der Waals surface area contributed by atoms with Gasteiger partial charge >= 0.3 is 0 Å². The first-order chi connectivity index (χ1) is 12.0. The summed E-state index contributed by atoms with van der Waals surface area (Å²) < 4.78 is 5.16. The highest BCUT2D eigenvalue weighted by atomic mass is 32.2. The lowest BCUT2D eigenvalue weighted by atomic mass is 10.1. The second-order valence-electron chi connectivity index (χ2n) is 5.12. The molecule has 7 nitrogen and oxygen atoms in total. The molecule has 0 N–H and O–H groups in total. The van der Waals surface area contributed by atoms with E-state index in [4.69, 9.17) is 4.74 Å². The SMILES string of the molecule is COc1ccc(-c2cc(C)nc(Sc3ccc([N+](=O)[O-])cn3)n2)cc1. The summed E-state index contributed by atoms with van der Waals surface area (Å²) >= 11 is 1.26. The number of hydrogen-bond donors (Lipinski definition) is 0. The number of aromatic nitrogens is 3. The molecule has 2 heterocycles. The average molecular weight is 354 g/mol. The van der Waals surface area contributed by atoms with E-state index in [0.29, 0.717) is 10.2 Å². The minimum Gasteiger partial charge on any atom is -0.497 e. The van der Waals surface area contributed by atoms with Crippen LogP contribution in [-0.2, 0) is 0 Å². The molecule has 1 aromatic carbocycles. The van der Waals surface area contributed by atoms with Crippen LogP contribution in [0.3, 0.4) is 0 Å². The standard InChI is InChI=1S/C17H14N4O3S/c1-11-9-15(12-3-6-14(24-2)7-4-12)20-17(19-11)25-16-8-5-13(10-18-16)21(22)23/h3-10H,1-2H3. The van der Waals surface area contributed by atoms with Crippen molar-refractivity contribution in [3.63, 3.8) is 0 Å². The van der Waals surface area contributed by atoms with Gasteiger partial charge in [-0.05, 0) is 55.1 Å². The molecule has 2 aromatic heterocycles. The Balaban J connectivity index is 1.86. The summed E-state index contributed by atoms with van der Waals surface area (Å²) in [4.78, 5) is 23.2. The van der Waals surface area contributed by atoms with Crippen molar-refractivity contribution >= 4 is 17.4 Å². The van der Waals surface area contributed by atoms with Crippen LogP contribution in [0, 0.1) is 17.0 Å². The molecule has 0 aliphatic heterocycles. The van der Waals surface area contributed by atoms with E-state index in [0.717, 1.165) is 22.7 Å². The highest BCUT2D eigenvalue weighted by Gasteiger charge is 2.10. The van der Waals surface area contributed by atoms with Gasteiger partial charge < -0.3 is 4.74 Å². The number of nitrogens with zero attached hydrogens (tertiary/aromatic N) is 4. The Morgan fingerprint density at radius 3 is 2.48 bits per heavy atom. The van der Waals surface area contributed by atoms with Crippen molar-refractivity contribution in [3.8, 4) is 17.0 Å². The number of ether oxygens (including phenoxy) is 1. The maximum Gasteiger partial charge on any atom is 0.287 e. The van der Waals surface area contributed by atoms with E-state index in [-0.39, 0.29) is 5.69 Å². The number of rotatable bonds is 5. The summed E-state index contributed by atoms with van der Waals surface area (Å²) in [5.41, 5.74) is 2.52. The highest BCUT2D eigenvalue weighted by molar-refractivity contribution is 7.99. The van der Waals surface area contributed by atoms with Crippen LogP contribution < -0.4 is 4.74 Å². The van der Waals surface area contributed by atoms with Crippen molar-refractivity contribution < 1.29 is 9.66 Å². The third-order valence-electron chi connectivity index (χ3n) is 3.35. The van der Waals surface area contributed by atoms with Gasteiger partial charge in [0.2, 0.25) is 0 Å². The lowest BCUT2D eigenvalue weighted by Gasteiger charge is -2.06. The van der Waals surface area contributed by atoms with Crippen molar-refractivity contribution in [2.75, 3.05) is 7.11 Å². The zero-order chi connectivity index (χ0) is 17.8. The van der Waals surface area contributed by atoms with Gasteiger partial charge in [-0.3, -0.25) is 10.1 Å². The molecule has 0 saturated carbocycles. The molecule has 0 unspecified atom stereocenters. The van der Waals surface area contributed by atoms with Gasteiger partial charge in [0.15, 0.2) is 5.16 Å². The second-order valence-corrected chi connectivity index (χ2v) is 6.11. The first-order valence-electron chi connectivity index (χ1n) is 7.33. The number of aryl methyl sites for hydroxylation is 1. The molecule has 0 atom stereocenters. The monoisotopic (exact) mass is 354 g/mol. The Hall–Kier alpha value is -3.00. The van der Waals surface area contributed by atoms with Gasteiger partial charge in [0.25, 0.3) is 5.69 Å². The average Bonchev–Trinajstić information content (AvgIpc) is 2.62. The van der Waals surface area contributed by atoms with E-state index in [1.807, 2.05) is 37.3 Å². The summed E-state index contributed by atoms with van der Waals surface area (Å²) in [6.07, 6.45) is 1.22. The molecule has 0 radical (unpaired) electrons. The minimum atomic E-state index is -0.480. The largest absolute Gasteiger partial charge is 0.497 e. The third kappa shape index (κ3) is 4.10. The molecule has 0 amide bonds. The van der Waals surface area contributed by atoms with E-state index in [1.54, 1.807) is 13.2 Å². The highest BCUT2D eigenvalue weighted by Crippen LogP contribution is 2.27. The third-order valence-corrected chi connectivity index (χ3v) is 4.16.